The molecule has 1 fully saturated rings. The van der Waals surface area contributed by atoms with Crippen LogP contribution in [0.2, 0.25) is 5.02 Å². The Hall–Kier alpha value is -2.09. The third-order valence-electron chi connectivity index (χ3n) is 4.87. The van der Waals surface area contributed by atoms with E-state index in [0.717, 1.165) is 24.7 Å². The van der Waals surface area contributed by atoms with Crippen LogP contribution in [0.5, 0.6) is 5.75 Å². The lowest BCUT2D eigenvalue weighted by atomic mass is 10.1. The highest BCUT2D eigenvalue weighted by Gasteiger charge is 2.25. The van der Waals surface area contributed by atoms with E-state index >= 15 is 0 Å². The summed E-state index contributed by atoms with van der Waals surface area (Å²) in [6.45, 7) is 1.41. The van der Waals surface area contributed by atoms with E-state index in [9.17, 15) is 13.2 Å². The highest BCUT2D eigenvalue weighted by atomic mass is 35.5. The van der Waals surface area contributed by atoms with Crippen molar-refractivity contribution in [3.63, 3.8) is 0 Å². The van der Waals surface area contributed by atoms with Crippen LogP contribution in [0.3, 0.4) is 0 Å². The van der Waals surface area contributed by atoms with Crippen molar-refractivity contribution in [2.75, 3.05) is 26.5 Å². The van der Waals surface area contributed by atoms with Crippen molar-refractivity contribution in [3.05, 3.63) is 58.6 Å². The second-order valence-corrected chi connectivity index (χ2v) is 9.44. The zero-order valence-corrected chi connectivity index (χ0v) is 18.0. The van der Waals surface area contributed by atoms with Crippen LogP contribution in [0.4, 0.5) is 0 Å². The van der Waals surface area contributed by atoms with Crippen LogP contribution >= 0.6 is 11.6 Å². The normalized spacial score (nSPS) is 16.6. The summed E-state index contributed by atoms with van der Waals surface area (Å²) in [7, 11) is -1.97. The van der Waals surface area contributed by atoms with Gasteiger partial charge in [-0.2, -0.15) is 0 Å². The SMILES string of the molecule is COc1ccccc1CN(CC1CCCO1)C(=O)c1ccc(Cl)c(S(C)(=O)=O)c1. The highest BCUT2D eigenvalue weighted by molar-refractivity contribution is 7.90. The minimum absolute atomic E-state index is 0.0460. The van der Waals surface area contributed by atoms with Gasteiger partial charge in [0.05, 0.1) is 23.1 Å². The van der Waals surface area contributed by atoms with Crippen LogP contribution in [0.15, 0.2) is 47.4 Å². The first-order valence-corrected chi connectivity index (χ1v) is 11.6. The minimum Gasteiger partial charge on any atom is -0.496 e. The molecule has 0 aromatic heterocycles. The summed E-state index contributed by atoms with van der Waals surface area (Å²) in [5.74, 6) is 0.401. The van der Waals surface area contributed by atoms with Crippen LogP contribution in [0.25, 0.3) is 0 Å². The van der Waals surface area contributed by atoms with Crippen molar-refractivity contribution in [2.24, 2.45) is 0 Å². The molecule has 1 amide bonds. The molecule has 1 atom stereocenters. The minimum atomic E-state index is -3.55. The number of methoxy groups -OCH3 is 1. The van der Waals surface area contributed by atoms with Crippen LogP contribution in [-0.2, 0) is 21.1 Å². The third kappa shape index (κ3) is 5.29. The van der Waals surface area contributed by atoms with Gasteiger partial charge in [0, 0.05) is 37.1 Å². The zero-order valence-electron chi connectivity index (χ0n) is 16.4. The van der Waals surface area contributed by atoms with Gasteiger partial charge in [0.25, 0.3) is 5.91 Å². The molecular weight excluding hydrogens is 414 g/mol. The smallest absolute Gasteiger partial charge is 0.254 e. The number of para-hydroxylation sites is 1. The summed E-state index contributed by atoms with van der Waals surface area (Å²) < 4.78 is 35.1. The van der Waals surface area contributed by atoms with Gasteiger partial charge in [-0.25, -0.2) is 8.42 Å². The van der Waals surface area contributed by atoms with Crippen molar-refractivity contribution in [1.29, 1.82) is 0 Å². The van der Waals surface area contributed by atoms with E-state index in [4.69, 9.17) is 21.1 Å². The van der Waals surface area contributed by atoms with Crippen LogP contribution in [-0.4, -0.2) is 51.8 Å². The van der Waals surface area contributed by atoms with Crippen molar-refractivity contribution in [1.82, 2.24) is 4.90 Å². The second kappa shape index (κ2) is 9.15. The molecule has 6 nitrogen and oxygen atoms in total. The van der Waals surface area contributed by atoms with Crippen LogP contribution < -0.4 is 4.74 Å². The number of sulfone groups is 1. The average Bonchev–Trinajstić information content (AvgIpc) is 3.20. The fraction of sp³-hybridized carbons (Fsp3) is 0.381. The molecule has 0 aliphatic carbocycles. The number of amides is 1. The fourth-order valence-electron chi connectivity index (χ4n) is 3.40. The Morgan fingerprint density at radius 2 is 2.03 bits per heavy atom. The number of halogens is 1. The number of nitrogens with zero attached hydrogens (tertiary/aromatic N) is 1. The van der Waals surface area contributed by atoms with Gasteiger partial charge in [-0.3, -0.25) is 4.79 Å². The first kappa shape index (κ1) is 21.6. The van der Waals surface area contributed by atoms with Crippen molar-refractivity contribution in [2.45, 2.75) is 30.4 Å². The molecule has 0 N–H and O–H groups in total. The topological polar surface area (TPSA) is 72.9 Å². The van der Waals surface area contributed by atoms with Crippen LogP contribution in [0.1, 0.15) is 28.8 Å². The third-order valence-corrected chi connectivity index (χ3v) is 6.44. The maximum atomic E-state index is 13.3. The molecule has 2 aromatic rings. The molecular formula is C21H24ClNO5S. The molecule has 1 heterocycles. The Balaban J connectivity index is 1.94. The summed E-state index contributed by atoms with van der Waals surface area (Å²) in [4.78, 5) is 14.9. The molecule has 156 valence electrons. The van der Waals surface area contributed by atoms with E-state index in [-0.39, 0.29) is 27.5 Å². The Kier molecular flexibility index (Phi) is 6.82. The van der Waals surface area contributed by atoms with E-state index in [0.29, 0.717) is 25.4 Å². The predicted octanol–water partition coefficient (Wildman–Crippen LogP) is 3.57. The summed E-state index contributed by atoms with van der Waals surface area (Å²) in [6, 6.07) is 11.8. The molecule has 0 saturated carbocycles. The molecule has 0 bridgehead atoms. The predicted molar refractivity (Wildman–Crippen MR) is 111 cm³/mol. The summed E-state index contributed by atoms with van der Waals surface area (Å²) in [6.07, 6.45) is 2.86. The lowest BCUT2D eigenvalue weighted by molar-refractivity contribution is 0.0505. The van der Waals surface area contributed by atoms with Gasteiger partial charge in [0.2, 0.25) is 0 Å². The molecule has 3 rings (SSSR count). The van der Waals surface area contributed by atoms with Crippen molar-refractivity contribution >= 4 is 27.3 Å². The molecule has 29 heavy (non-hydrogen) atoms. The van der Waals surface area contributed by atoms with E-state index in [1.54, 1.807) is 18.1 Å². The lowest BCUT2D eigenvalue weighted by Gasteiger charge is -2.26. The van der Waals surface area contributed by atoms with Gasteiger partial charge in [-0.1, -0.05) is 29.8 Å². The Labute approximate surface area is 176 Å². The number of rotatable bonds is 7. The number of ether oxygens (including phenoxy) is 2. The molecule has 1 aliphatic rings. The summed E-state index contributed by atoms with van der Waals surface area (Å²) >= 11 is 6.03. The molecule has 1 unspecified atom stereocenters. The van der Waals surface area contributed by atoms with E-state index in [1.165, 1.54) is 12.1 Å². The number of carbonyl (C=O) groups excluding carboxylic acids is 1. The number of hydrogen-bond donors (Lipinski definition) is 0. The van der Waals surface area contributed by atoms with Gasteiger partial charge in [-0.05, 0) is 37.1 Å². The number of carbonyl (C=O) groups is 1. The maximum Gasteiger partial charge on any atom is 0.254 e. The Bertz CT molecular complexity index is 986. The maximum absolute atomic E-state index is 13.3. The lowest BCUT2D eigenvalue weighted by Crippen LogP contribution is -2.37. The van der Waals surface area contributed by atoms with E-state index in [2.05, 4.69) is 0 Å². The van der Waals surface area contributed by atoms with Crippen LogP contribution in [0, 0.1) is 0 Å². The Morgan fingerprint density at radius 3 is 2.69 bits per heavy atom. The highest BCUT2D eigenvalue weighted by Crippen LogP contribution is 2.26. The van der Waals surface area contributed by atoms with Gasteiger partial charge >= 0.3 is 0 Å². The largest absolute Gasteiger partial charge is 0.496 e. The van der Waals surface area contributed by atoms with Gasteiger partial charge < -0.3 is 14.4 Å². The quantitative estimate of drug-likeness (QED) is 0.662. The van der Waals surface area contributed by atoms with Gasteiger partial charge in [0.15, 0.2) is 9.84 Å². The molecule has 0 radical (unpaired) electrons. The van der Waals surface area contributed by atoms with Gasteiger partial charge in [-0.15, -0.1) is 0 Å². The standard InChI is InChI=1S/C21H24ClNO5S/c1-27-19-8-4-3-6-16(19)13-23(14-17-7-5-11-28-17)21(24)15-9-10-18(22)20(12-15)29(2,25)26/h3-4,6,8-10,12,17H,5,7,11,13-14H2,1-2H3. The Morgan fingerprint density at radius 1 is 1.28 bits per heavy atom. The summed E-state index contributed by atoms with van der Waals surface area (Å²) in [5.41, 5.74) is 1.13. The first-order valence-electron chi connectivity index (χ1n) is 9.32. The van der Waals surface area contributed by atoms with E-state index < -0.39 is 9.84 Å². The zero-order chi connectivity index (χ0) is 21.0. The molecule has 1 aliphatic heterocycles. The second-order valence-electron chi connectivity index (χ2n) is 7.05. The molecule has 8 heteroatoms. The average molecular weight is 438 g/mol. The number of hydrogen-bond acceptors (Lipinski definition) is 5. The monoisotopic (exact) mass is 437 g/mol. The van der Waals surface area contributed by atoms with Crippen molar-refractivity contribution < 1.29 is 22.7 Å². The summed E-state index contributed by atoms with van der Waals surface area (Å²) in [5, 5.41) is 0.0967. The molecule has 1 saturated heterocycles. The van der Waals surface area contributed by atoms with E-state index in [1.807, 2.05) is 24.3 Å². The first-order chi connectivity index (χ1) is 13.8. The fourth-order valence-corrected chi connectivity index (χ4v) is 4.70. The molecule has 0 spiro atoms. The molecule has 2 aromatic carbocycles. The van der Waals surface area contributed by atoms with Gasteiger partial charge in [0.1, 0.15) is 5.75 Å². The van der Waals surface area contributed by atoms with Crippen molar-refractivity contribution in [3.8, 4) is 5.75 Å². The number of benzene rings is 2.